The Hall–Kier alpha value is -2.71. The Kier molecular flexibility index (Phi) is 8.14. The van der Waals surface area contributed by atoms with Gasteiger partial charge in [-0.1, -0.05) is 0 Å². The zero-order valence-corrected chi connectivity index (χ0v) is 16.5. The number of likely N-dealkylation sites (N-methyl/N-ethyl adjacent to an activating group) is 1. The molecule has 0 saturated heterocycles. The molecule has 1 unspecified atom stereocenters. The highest BCUT2D eigenvalue weighted by Crippen LogP contribution is 2.33. The van der Waals surface area contributed by atoms with E-state index in [0.717, 1.165) is 7.11 Å². The maximum Gasteiger partial charge on any atom is 0.336 e. The number of aliphatic imine (C=N–C) groups is 1. The zero-order valence-electron chi connectivity index (χ0n) is 16.5. The van der Waals surface area contributed by atoms with Crippen molar-refractivity contribution in [3.05, 3.63) is 11.3 Å². The first-order valence-electron chi connectivity index (χ1n) is 8.59. The van der Waals surface area contributed by atoms with Crippen molar-refractivity contribution in [3.8, 4) is 0 Å². The highest BCUT2D eigenvalue weighted by atomic mass is 16.5. The number of methoxy groups -OCH3 is 2. The van der Waals surface area contributed by atoms with Crippen molar-refractivity contribution in [1.29, 1.82) is 0 Å². The van der Waals surface area contributed by atoms with Crippen LogP contribution in [0.5, 0.6) is 0 Å². The number of amides is 1. The summed E-state index contributed by atoms with van der Waals surface area (Å²) in [6.45, 7) is 7.15. The lowest BCUT2D eigenvalue weighted by Crippen LogP contribution is -2.43. The molecule has 1 aliphatic rings. The Morgan fingerprint density at radius 3 is 2.04 bits per heavy atom. The molecule has 0 aromatic rings. The van der Waals surface area contributed by atoms with Gasteiger partial charge in [0.05, 0.1) is 19.8 Å². The molecule has 0 bridgehead atoms. The highest BCUT2D eigenvalue weighted by Gasteiger charge is 2.46. The first kappa shape index (κ1) is 22.3. The number of hydrogen-bond acceptors (Lipinski definition) is 8. The van der Waals surface area contributed by atoms with Crippen LogP contribution >= 0.6 is 0 Å². The zero-order chi connectivity index (χ0) is 20.7. The van der Waals surface area contributed by atoms with E-state index < -0.39 is 36.4 Å². The maximum atomic E-state index is 12.8. The molecule has 9 nitrogen and oxygen atoms in total. The molecule has 0 aliphatic carbocycles. The third-order valence-corrected chi connectivity index (χ3v) is 4.40. The van der Waals surface area contributed by atoms with E-state index in [9.17, 15) is 19.2 Å². The van der Waals surface area contributed by atoms with Crippen LogP contribution in [0.1, 0.15) is 27.7 Å². The standard InChI is InChI=1S/C18H26N2O7/c1-7-20(8-2)12(21)9-27-18(24)15-13(16(22)25-5)10(3)19-11(4)14(15)17(23)26-6/h13,15H,7-9H2,1-6H3/t13?,15-/m0/s1. The van der Waals surface area contributed by atoms with Crippen molar-refractivity contribution < 1.29 is 33.4 Å². The number of ether oxygens (including phenoxy) is 3. The van der Waals surface area contributed by atoms with Crippen molar-refractivity contribution in [3.63, 3.8) is 0 Å². The number of allylic oxidation sites excluding steroid dienone is 1. The molecular formula is C18H26N2O7. The first-order chi connectivity index (χ1) is 12.7. The number of carbonyl (C=O) groups excluding carboxylic acids is 4. The van der Waals surface area contributed by atoms with Crippen LogP contribution in [0.4, 0.5) is 0 Å². The second-order valence-electron chi connectivity index (χ2n) is 5.90. The molecule has 1 amide bonds. The SMILES string of the molecule is CCN(CC)C(=O)COC(=O)[C@@H]1C(C(=O)OC)=C(C)N=C(C)C1C(=O)OC. The predicted molar refractivity (Wildman–Crippen MR) is 95.7 cm³/mol. The van der Waals surface area contributed by atoms with Crippen molar-refractivity contribution in [2.24, 2.45) is 16.8 Å². The van der Waals surface area contributed by atoms with Gasteiger partial charge in [-0.05, 0) is 27.7 Å². The normalized spacial score (nSPS) is 19.1. The minimum atomic E-state index is -1.30. The molecule has 9 heteroatoms. The number of esters is 3. The van der Waals surface area contributed by atoms with Crippen LogP contribution in [-0.2, 0) is 33.4 Å². The largest absolute Gasteiger partial charge is 0.468 e. The molecule has 1 rings (SSSR count). The highest BCUT2D eigenvalue weighted by molar-refractivity contribution is 6.10. The lowest BCUT2D eigenvalue weighted by molar-refractivity contribution is -0.160. The van der Waals surface area contributed by atoms with Gasteiger partial charge in [-0.25, -0.2) is 4.79 Å². The molecule has 150 valence electrons. The van der Waals surface area contributed by atoms with E-state index in [4.69, 9.17) is 14.2 Å². The molecule has 0 N–H and O–H groups in total. The Bertz CT molecular complexity index is 677. The molecule has 1 heterocycles. The minimum Gasteiger partial charge on any atom is -0.468 e. The molecule has 0 spiro atoms. The number of hydrogen-bond donors (Lipinski definition) is 0. The summed E-state index contributed by atoms with van der Waals surface area (Å²) < 4.78 is 14.6. The molecule has 0 radical (unpaired) electrons. The summed E-state index contributed by atoms with van der Waals surface area (Å²) in [4.78, 5) is 55.0. The van der Waals surface area contributed by atoms with E-state index in [1.807, 2.05) is 0 Å². The fourth-order valence-electron chi connectivity index (χ4n) is 2.99. The molecular weight excluding hydrogens is 356 g/mol. The molecule has 0 saturated carbocycles. The third kappa shape index (κ3) is 4.93. The van der Waals surface area contributed by atoms with E-state index in [2.05, 4.69) is 4.99 Å². The van der Waals surface area contributed by atoms with Gasteiger partial charge in [0.25, 0.3) is 5.91 Å². The summed E-state index contributed by atoms with van der Waals surface area (Å²) in [6.07, 6.45) is 0. The fourth-order valence-corrected chi connectivity index (χ4v) is 2.99. The fraction of sp³-hybridized carbons (Fsp3) is 0.611. The maximum absolute atomic E-state index is 12.8. The van der Waals surface area contributed by atoms with Crippen molar-refractivity contribution in [1.82, 2.24) is 4.90 Å². The van der Waals surface area contributed by atoms with Crippen molar-refractivity contribution in [2.75, 3.05) is 33.9 Å². The number of nitrogens with zero attached hydrogens (tertiary/aromatic N) is 2. The van der Waals surface area contributed by atoms with Gasteiger partial charge in [-0.3, -0.25) is 19.4 Å². The number of rotatable bonds is 7. The first-order valence-corrected chi connectivity index (χ1v) is 8.59. The Morgan fingerprint density at radius 2 is 1.56 bits per heavy atom. The molecule has 0 fully saturated rings. The molecule has 1 aliphatic heterocycles. The summed E-state index contributed by atoms with van der Waals surface area (Å²) >= 11 is 0. The van der Waals surface area contributed by atoms with Crippen LogP contribution < -0.4 is 0 Å². The van der Waals surface area contributed by atoms with Gasteiger partial charge in [0.2, 0.25) is 0 Å². The topological polar surface area (TPSA) is 112 Å². The summed E-state index contributed by atoms with van der Waals surface area (Å²) in [7, 11) is 2.33. The average molecular weight is 382 g/mol. The summed E-state index contributed by atoms with van der Waals surface area (Å²) in [5, 5.41) is 0. The summed E-state index contributed by atoms with van der Waals surface area (Å²) in [5.41, 5.74) is 0.472. The van der Waals surface area contributed by atoms with Gasteiger partial charge in [0.15, 0.2) is 6.61 Å². The second-order valence-corrected chi connectivity index (χ2v) is 5.90. The Balaban J connectivity index is 3.20. The van der Waals surface area contributed by atoms with Crippen LogP contribution in [0.3, 0.4) is 0 Å². The minimum absolute atomic E-state index is 0.0845. The Morgan fingerprint density at radius 1 is 0.963 bits per heavy atom. The van der Waals surface area contributed by atoms with Gasteiger partial charge in [-0.15, -0.1) is 0 Å². The van der Waals surface area contributed by atoms with E-state index in [0.29, 0.717) is 18.8 Å². The van der Waals surface area contributed by atoms with Gasteiger partial charge in [0.1, 0.15) is 11.8 Å². The number of carbonyl (C=O) groups is 4. The van der Waals surface area contributed by atoms with Crippen LogP contribution in [0, 0.1) is 11.8 Å². The third-order valence-electron chi connectivity index (χ3n) is 4.40. The van der Waals surface area contributed by atoms with Gasteiger partial charge >= 0.3 is 17.9 Å². The molecule has 0 aromatic heterocycles. The monoisotopic (exact) mass is 382 g/mol. The van der Waals surface area contributed by atoms with Crippen LogP contribution in [0.2, 0.25) is 0 Å². The average Bonchev–Trinajstić information content (AvgIpc) is 2.65. The van der Waals surface area contributed by atoms with Crippen LogP contribution in [0.25, 0.3) is 0 Å². The summed E-state index contributed by atoms with van der Waals surface area (Å²) in [6, 6.07) is 0. The van der Waals surface area contributed by atoms with E-state index >= 15 is 0 Å². The lowest BCUT2D eigenvalue weighted by atomic mass is 9.80. The van der Waals surface area contributed by atoms with Gasteiger partial charge < -0.3 is 19.1 Å². The second kappa shape index (κ2) is 9.84. The lowest BCUT2D eigenvalue weighted by Gasteiger charge is -2.29. The van der Waals surface area contributed by atoms with Crippen LogP contribution in [-0.4, -0.2) is 68.3 Å². The van der Waals surface area contributed by atoms with Crippen LogP contribution in [0.15, 0.2) is 16.3 Å². The molecule has 2 atom stereocenters. The van der Waals surface area contributed by atoms with Gasteiger partial charge in [-0.2, -0.15) is 0 Å². The van der Waals surface area contributed by atoms with Gasteiger partial charge in [0, 0.05) is 24.5 Å². The van der Waals surface area contributed by atoms with Crippen molar-refractivity contribution in [2.45, 2.75) is 27.7 Å². The molecule has 0 aromatic carbocycles. The summed E-state index contributed by atoms with van der Waals surface area (Å²) in [5.74, 6) is -5.23. The predicted octanol–water partition coefficient (Wildman–Crippen LogP) is 0.725. The van der Waals surface area contributed by atoms with Crippen molar-refractivity contribution >= 4 is 29.5 Å². The van der Waals surface area contributed by atoms with E-state index in [1.165, 1.54) is 18.9 Å². The molecule has 27 heavy (non-hydrogen) atoms. The van der Waals surface area contributed by atoms with E-state index in [1.54, 1.807) is 20.8 Å². The van der Waals surface area contributed by atoms with E-state index in [-0.39, 0.29) is 17.2 Å². The smallest absolute Gasteiger partial charge is 0.336 e. The quantitative estimate of drug-likeness (QED) is 0.471. The Labute approximate surface area is 158 Å².